The second kappa shape index (κ2) is 8.76. The molecule has 25 heavy (non-hydrogen) atoms. The van der Waals surface area contributed by atoms with Crippen molar-refractivity contribution < 1.29 is 4.79 Å². The van der Waals surface area contributed by atoms with Crippen LogP contribution in [0.3, 0.4) is 0 Å². The first kappa shape index (κ1) is 17.6. The lowest BCUT2D eigenvalue weighted by Gasteiger charge is -2.39. The Morgan fingerprint density at radius 3 is 1.92 bits per heavy atom. The van der Waals surface area contributed by atoms with E-state index in [0.717, 1.165) is 26.2 Å². The SMILES string of the molecule is CNCC(=O)NN1CCN(C(c2ccccc2)c2ccccc2)CC1. The summed E-state index contributed by atoms with van der Waals surface area (Å²) in [5.41, 5.74) is 5.58. The number of piperazine rings is 1. The van der Waals surface area contributed by atoms with Crippen molar-refractivity contribution >= 4 is 5.91 Å². The number of nitrogens with zero attached hydrogens (tertiary/aromatic N) is 2. The summed E-state index contributed by atoms with van der Waals surface area (Å²) in [5, 5.41) is 4.90. The van der Waals surface area contributed by atoms with Gasteiger partial charge in [0.1, 0.15) is 0 Å². The molecule has 1 aliphatic heterocycles. The molecule has 0 atom stereocenters. The summed E-state index contributed by atoms with van der Waals surface area (Å²) in [6.45, 7) is 3.82. The van der Waals surface area contributed by atoms with E-state index in [1.54, 1.807) is 7.05 Å². The number of benzene rings is 2. The molecule has 3 rings (SSSR count). The quantitative estimate of drug-likeness (QED) is 0.841. The maximum absolute atomic E-state index is 11.7. The Hall–Kier alpha value is -2.21. The zero-order valence-electron chi connectivity index (χ0n) is 14.7. The highest BCUT2D eigenvalue weighted by molar-refractivity contribution is 5.77. The number of hydrogen-bond donors (Lipinski definition) is 2. The Balaban J connectivity index is 1.70. The second-order valence-corrected chi connectivity index (χ2v) is 6.31. The van der Waals surface area contributed by atoms with Gasteiger partial charge in [-0.25, -0.2) is 5.01 Å². The van der Waals surface area contributed by atoms with E-state index in [2.05, 4.69) is 76.3 Å². The van der Waals surface area contributed by atoms with Crippen LogP contribution < -0.4 is 10.7 Å². The van der Waals surface area contributed by atoms with Gasteiger partial charge in [-0.2, -0.15) is 0 Å². The Bertz CT molecular complexity index is 614. The van der Waals surface area contributed by atoms with Gasteiger partial charge in [0, 0.05) is 26.2 Å². The summed E-state index contributed by atoms with van der Waals surface area (Å²) in [6.07, 6.45) is 0. The fourth-order valence-corrected chi connectivity index (χ4v) is 3.35. The van der Waals surface area contributed by atoms with E-state index < -0.39 is 0 Å². The van der Waals surface area contributed by atoms with Crippen LogP contribution in [0.5, 0.6) is 0 Å². The molecule has 0 spiro atoms. The minimum atomic E-state index is 0.0126. The second-order valence-electron chi connectivity index (χ2n) is 6.31. The first-order chi connectivity index (χ1) is 12.3. The number of hydrazine groups is 1. The van der Waals surface area contributed by atoms with Crippen LogP contribution in [-0.4, -0.2) is 55.6 Å². The van der Waals surface area contributed by atoms with Crippen molar-refractivity contribution in [3.05, 3.63) is 71.8 Å². The number of carbonyl (C=O) groups excluding carboxylic acids is 1. The predicted molar refractivity (Wildman–Crippen MR) is 99.9 cm³/mol. The molecule has 1 saturated heterocycles. The van der Waals surface area contributed by atoms with Crippen molar-refractivity contribution in [3.8, 4) is 0 Å². The first-order valence-electron chi connectivity index (χ1n) is 8.81. The minimum Gasteiger partial charge on any atom is -0.311 e. The molecule has 5 nitrogen and oxygen atoms in total. The van der Waals surface area contributed by atoms with Gasteiger partial charge in [-0.1, -0.05) is 60.7 Å². The number of likely N-dealkylation sites (N-methyl/N-ethyl adjacent to an activating group) is 1. The van der Waals surface area contributed by atoms with Crippen LogP contribution in [0.4, 0.5) is 0 Å². The number of nitrogens with one attached hydrogen (secondary N) is 2. The highest BCUT2D eigenvalue weighted by Gasteiger charge is 2.26. The summed E-state index contributed by atoms with van der Waals surface area (Å²) in [5.74, 6) is 0.0126. The molecule has 0 bridgehead atoms. The number of amides is 1. The van der Waals surface area contributed by atoms with Crippen molar-refractivity contribution in [3.63, 3.8) is 0 Å². The zero-order valence-corrected chi connectivity index (χ0v) is 14.7. The zero-order chi connectivity index (χ0) is 17.5. The molecule has 1 fully saturated rings. The van der Waals surface area contributed by atoms with Gasteiger partial charge in [0.2, 0.25) is 5.91 Å². The van der Waals surface area contributed by atoms with Crippen molar-refractivity contribution in [2.45, 2.75) is 6.04 Å². The standard InChI is InChI=1S/C20H26N4O/c1-21-16-19(25)22-24-14-12-23(13-15-24)20(17-8-4-2-5-9-17)18-10-6-3-7-11-18/h2-11,20-21H,12-16H2,1H3,(H,22,25). The Morgan fingerprint density at radius 2 is 1.44 bits per heavy atom. The summed E-state index contributed by atoms with van der Waals surface area (Å²) >= 11 is 0. The molecule has 1 heterocycles. The van der Waals surface area contributed by atoms with Crippen LogP contribution in [0.25, 0.3) is 0 Å². The van der Waals surface area contributed by atoms with Gasteiger partial charge >= 0.3 is 0 Å². The Morgan fingerprint density at radius 1 is 0.920 bits per heavy atom. The molecule has 1 aliphatic rings. The van der Waals surface area contributed by atoms with E-state index in [9.17, 15) is 4.79 Å². The van der Waals surface area contributed by atoms with Crippen molar-refractivity contribution in [1.82, 2.24) is 20.7 Å². The number of rotatable bonds is 6. The lowest BCUT2D eigenvalue weighted by Crippen LogP contribution is -2.55. The average molecular weight is 338 g/mol. The molecule has 0 unspecified atom stereocenters. The Kier molecular flexibility index (Phi) is 6.17. The van der Waals surface area contributed by atoms with Crippen molar-refractivity contribution in [1.29, 1.82) is 0 Å². The van der Waals surface area contributed by atoms with Gasteiger partial charge in [-0.15, -0.1) is 0 Å². The molecule has 0 radical (unpaired) electrons. The maximum Gasteiger partial charge on any atom is 0.248 e. The monoisotopic (exact) mass is 338 g/mol. The fourth-order valence-electron chi connectivity index (χ4n) is 3.35. The van der Waals surface area contributed by atoms with E-state index in [1.807, 2.05) is 5.01 Å². The van der Waals surface area contributed by atoms with Gasteiger partial charge < -0.3 is 5.32 Å². The van der Waals surface area contributed by atoms with Crippen LogP contribution in [0.1, 0.15) is 17.2 Å². The lowest BCUT2D eigenvalue weighted by atomic mass is 9.96. The fraction of sp³-hybridized carbons (Fsp3) is 0.350. The van der Waals surface area contributed by atoms with Gasteiger partial charge in [0.05, 0.1) is 12.6 Å². The Labute approximate surface area is 149 Å². The van der Waals surface area contributed by atoms with E-state index in [1.165, 1.54) is 11.1 Å². The third-order valence-corrected chi connectivity index (χ3v) is 4.53. The number of carbonyl (C=O) groups is 1. The van der Waals surface area contributed by atoms with Gasteiger partial charge in [-0.3, -0.25) is 15.1 Å². The van der Waals surface area contributed by atoms with Crippen LogP contribution in [0.2, 0.25) is 0 Å². The van der Waals surface area contributed by atoms with E-state index in [-0.39, 0.29) is 11.9 Å². The molecule has 2 aromatic carbocycles. The number of hydrogen-bond acceptors (Lipinski definition) is 4. The molecule has 0 aromatic heterocycles. The molecule has 0 saturated carbocycles. The lowest BCUT2D eigenvalue weighted by molar-refractivity contribution is -0.125. The average Bonchev–Trinajstić information content (AvgIpc) is 2.65. The maximum atomic E-state index is 11.7. The van der Waals surface area contributed by atoms with Crippen molar-refractivity contribution in [2.75, 3.05) is 39.8 Å². The third kappa shape index (κ3) is 4.66. The van der Waals surface area contributed by atoms with Crippen LogP contribution in [0, 0.1) is 0 Å². The summed E-state index contributed by atoms with van der Waals surface area (Å²) in [7, 11) is 1.78. The van der Waals surface area contributed by atoms with Gasteiger partial charge in [0.15, 0.2) is 0 Å². The highest BCUT2D eigenvalue weighted by atomic mass is 16.2. The predicted octanol–water partition coefficient (Wildman–Crippen LogP) is 1.64. The molecular weight excluding hydrogens is 312 g/mol. The largest absolute Gasteiger partial charge is 0.311 e. The summed E-state index contributed by atoms with van der Waals surface area (Å²) < 4.78 is 0. The van der Waals surface area contributed by atoms with Crippen LogP contribution >= 0.6 is 0 Å². The normalized spacial score (nSPS) is 16.1. The molecule has 0 aliphatic carbocycles. The van der Waals surface area contributed by atoms with Crippen LogP contribution in [-0.2, 0) is 4.79 Å². The molecule has 132 valence electrons. The van der Waals surface area contributed by atoms with Gasteiger partial charge in [-0.05, 0) is 18.2 Å². The first-order valence-corrected chi connectivity index (χ1v) is 8.81. The van der Waals surface area contributed by atoms with Crippen LogP contribution in [0.15, 0.2) is 60.7 Å². The third-order valence-electron chi connectivity index (χ3n) is 4.53. The minimum absolute atomic E-state index is 0.0126. The van der Waals surface area contributed by atoms with E-state index in [4.69, 9.17) is 0 Å². The summed E-state index contributed by atoms with van der Waals surface area (Å²) in [6, 6.07) is 21.5. The molecule has 5 heteroatoms. The van der Waals surface area contributed by atoms with Crippen molar-refractivity contribution in [2.24, 2.45) is 0 Å². The molecular formula is C20H26N4O. The van der Waals surface area contributed by atoms with Gasteiger partial charge in [0.25, 0.3) is 0 Å². The molecule has 2 aromatic rings. The smallest absolute Gasteiger partial charge is 0.248 e. The van der Waals surface area contributed by atoms with E-state index in [0.29, 0.717) is 6.54 Å². The highest BCUT2D eigenvalue weighted by Crippen LogP contribution is 2.29. The molecule has 1 amide bonds. The van der Waals surface area contributed by atoms with E-state index >= 15 is 0 Å². The summed E-state index contributed by atoms with van der Waals surface area (Å²) in [4.78, 5) is 14.2. The molecule has 2 N–H and O–H groups in total. The topological polar surface area (TPSA) is 47.6 Å².